The molecule has 0 aliphatic carbocycles. The minimum Gasteiger partial charge on any atom is -0.463 e. The normalized spacial score (nSPS) is 12.0. The maximum absolute atomic E-state index is 11.2. The summed E-state index contributed by atoms with van der Waals surface area (Å²) in [4.78, 5) is 11.2. The average Bonchev–Trinajstić information content (AvgIpc) is 2.37. The summed E-state index contributed by atoms with van der Waals surface area (Å²) in [6.07, 6.45) is 5.29. The Labute approximate surface area is 107 Å². The van der Waals surface area contributed by atoms with E-state index < -0.39 is 8.07 Å². The zero-order valence-electron chi connectivity index (χ0n) is 11.9. The van der Waals surface area contributed by atoms with Gasteiger partial charge in [0.2, 0.25) is 0 Å². The van der Waals surface area contributed by atoms with Crippen LogP contribution < -0.4 is 0 Å². The van der Waals surface area contributed by atoms with Gasteiger partial charge in [0, 0.05) is 6.08 Å². The van der Waals surface area contributed by atoms with Gasteiger partial charge in [-0.3, -0.25) is 0 Å². The first kappa shape index (κ1) is 16.4. The summed E-state index contributed by atoms with van der Waals surface area (Å²) in [6, 6.07) is 5.35. The van der Waals surface area contributed by atoms with E-state index in [1.54, 1.807) is 0 Å². The molecule has 0 aromatic heterocycles. The van der Waals surface area contributed by atoms with Crippen LogP contribution in [0.15, 0.2) is 12.2 Å². The Morgan fingerprint density at radius 1 is 1.12 bits per heavy atom. The largest absolute Gasteiger partial charge is 0.463 e. The molecule has 0 aromatic rings. The average molecular weight is 256 g/mol. The molecule has 0 saturated heterocycles. The number of hydrogen-bond donors (Lipinski definition) is 0. The van der Waals surface area contributed by atoms with E-state index >= 15 is 0 Å². The van der Waals surface area contributed by atoms with Gasteiger partial charge in [-0.05, 0) is 12.8 Å². The van der Waals surface area contributed by atoms with Crippen molar-refractivity contribution in [2.24, 2.45) is 0 Å². The molecule has 2 nitrogen and oxygen atoms in total. The number of carbonyl (C=O) groups is 1. The van der Waals surface area contributed by atoms with Gasteiger partial charge in [0.15, 0.2) is 0 Å². The number of hydrogen-bond acceptors (Lipinski definition) is 2. The summed E-state index contributed by atoms with van der Waals surface area (Å²) < 4.78 is 5.17. The van der Waals surface area contributed by atoms with Crippen molar-refractivity contribution >= 4 is 14.0 Å². The minimum atomic E-state index is -1.02. The predicted molar refractivity (Wildman–Crippen MR) is 77.0 cm³/mol. The summed E-state index contributed by atoms with van der Waals surface area (Å²) in [7, 11) is -1.02. The Morgan fingerprint density at radius 3 is 2.18 bits per heavy atom. The van der Waals surface area contributed by atoms with Gasteiger partial charge in [-0.2, -0.15) is 0 Å². The van der Waals surface area contributed by atoms with E-state index in [-0.39, 0.29) is 5.97 Å². The van der Waals surface area contributed by atoms with E-state index in [1.807, 2.05) is 13.0 Å². The SMILES string of the molecule is CCC=CC(=O)OCCC[Si](CC)(CC)CC. The number of ether oxygens (including phenoxy) is 1. The Morgan fingerprint density at radius 2 is 1.71 bits per heavy atom. The number of allylic oxidation sites excluding steroid dienone is 1. The molecule has 0 rings (SSSR count). The zero-order chi connectivity index (χ0) is 13.1. The van der Waals surface area contributed by atoms with Crippen molar-refractivity contribution in [1.29, 1.82) is 0 Å². The molecule has 0 amide bonds. The topological polar surface area (TPSA) is 26.3 Å². The van der Waals surface area contributed by atoms with Crippen LogP contribution in [-0.4, -0.2) is 20.7 Å². The van der Waals surface area contributed by atoms with Crippen LogP contribution in [0, 0.1) is 0 Å². The van der Waals surface area contributed by atoms with Gasteiger partial charge in [-0.25, -0.2) is 4.79 Å². The fraction of sp³-hybridized carbons (Fsp3) is 0.786. The minimum absolute atomic E-state index is 0.191. The summed E-state index contributed by atoms with van der Waals surface area (Å²) in [5.74, 6) is -0.191. The quantitative estimate of drug-likeness (QED) is 0.265. The van der Waals surface area contributed by atoms with Crippen LogP contribution in [0.4, 0.5) is 0 Å². The Bertz CT molecular complexity index is 224. The molecule has 0 N–H and O–H groups in total. The van der Waals surface area contributed by atoms with Crippen LogP contribution in [0.2, 0.25) is 24.2 Å². The van der Waals surface area contributed by atoms with Crippen LogP contribution in [-0.2, 0) is 9.53 Å². The summed E-state index contributed by atoms with van der Waals surface area (Å²) >= 11 is 0. The highest BCUT2D eigenvalue weighted by molar-refractivity contribution is 6.79. The Kier molecular flexibility index (Phi) is 9.14. The summed E-state index contributed by atoms with van der Waals surface area (Å²) in [5, 5.41) is 0. The predicted octanol–water partition coefficient (Wildman–Crippen LogP) is 4.39. The third-order valence-electron chi connectivity index (χ3n) is 3.84. The Hall–Kier alpha value is -0.573. The molecule has 0 unspecified atom stereocenters. The molecule has 0 aromatic carbocycles. The van der Waals surface area contributed by atoms with Gasteiger partial charge in [0.25, 0.3) is 0 Å². The second-order valence-electron chi connectivity index (χ2n) is 4.64. The van der Waals surface area contributed by atoms with Gasteiger partial charge in [-0.1, -0.05) is 57.9 Å². The highest BCUT2D eigenvalue weighted by atomic mass is 28.3. The van der Waals surface area contributed by atoms with Gasteiger partial charge in [0.1, 0.15) is 0 Å². The van der Waals surface area contributed by atoms with Gasteiger partial charge in [0.05, 0.1) is 14.7 Å². The number of carbonyl (C=O) groups excluding carboxylic acids is 1. The molecule has 0 saturated carbocycles. The smallest absolute Gasteiger partial charge is 0.330 e. The highest BCUT2D eigenvalue weighted by Crippen LogP contribution is 2.26. The molecule has 100 valence electrons. The van der Waals surface area contributed by atoms with Crippen molar-refractivity contribution in [3.05, 3.63) is 12.2 Å². The highest BCUT2D eigenvalue weighted by Gasteiger charge is 2.25. The van der Waals surface area contributed by atoms with E-state index in [9.17, 15) is 4.79 Å². The van der Waals surface area contributed by atoms with Crippen molar-refractivity contribution in [1.82, 2.24) is 0 Å². The van der Waals surface area contributed by atoms with E-state index in [0.29, 0.717) is 6.61 Å². The third kappa shape index (κ3) is 6.67. The maximum Gasteiger partial charge on any atom is 0.330 e. The second kappa shape index (κ2) is 9.46. The van der Waals surface area contributed by atoms with Crippen LogP contribution in [0.3, 0.4) is 0 Å². The zero-order valence-corrected chi connectivity index (χ0v) is 12.9. The Balaban J connectivity index is 3.83. The first-order chi connectivity index (χ1) is 8.14. The fourth-order valence-corrected chi connectivity index (χ4v) is 5.62. The lowest BCUT2D eigenvalue weighted by Crippen LogP contribution is -2.31. The van der Waals surface area contributed by atoms with E-state index in [2.05, 4.69) is 20.8 Å². The van der Waals surface area contributed by atoms with Gasteiger partial charge >= 0.3 is 5.97 Å². The molecule has 0 radical (unpaired) electrons. The summed E-state index contributed by atoms with van der Waals surface area (Å²) in [5.41, 5.74) is 0. The van der Waals surface area contributed by atoms with Gasteiger partial charge < -0.3 is 4.74 Å². The molecular formula is C14H28O2Si. The first-order valence-electron chi connectivity index (χ1n) is 6.97. The summed E-state index contributed by atoms with van der Waals surface area (Å²) in [6.45, 7) is 9.54. The second-order valence-corrected chi connectivity index (χ2v) is 10.3. The molecule has 0 heterocycles. The molecule has 0 aliphatic rings. The van der Waals surface area contributed by atoms with Crippen LogP contribution in [0.1, 0.15) is 40.5 Å². The van der Waals surface area contributed by atoms with Crippen molar-refractivity contribution < 1.29 is 9.53 Å². The number of rotatable bonds is 9. The maximum atomic E-state index is 11.2. The standard InChI is InChI=1S/C14H28O2Si/c1-5-9-11-14(15)16-12-10-13-17(6-2,7-3)8-4/h9,11H,5-8,10,12-13H2,1-4H3. The molecule has 0 fully saturated rings. The van der Waals surface area contributed by atoms with Crippen molar-refractivity contribution in [2.45, 2.75) is 64.7 Å². The third-order valence-corrected chi connectivity index (χ3v) is 9.75. The molecule has 0 bridgehead atoms. The van der Waals surface area contributed by atoms with Crippen LogP contribution >= 0.6 is 0 Å². The van der Waals surface area contributed by atoms with Gasteiger partial charge in [-0.15, -0.1) is 0 Å². The van der Waals surface area contributed by atoms with Crippen molar-refractivity contribution in [3.63, 3.8) is 0 Å². The van der Waals surface area contributed by atoms with Crippen LogP contribution in [0.25, 0.3) is 0 Å². The van der Waals surface area contributed by atoms with Crippen molar-refractivity contribution in [2.75, 3.05) is 6.61 Å². The lowest BCUT2D eigenvalue weighted by molar-refractivity contribution is -0.137. The molecule has 0 atom stereocenters. The molecule has 0 aliphatic heterocycles. The molecular weight excluding hydrogens is 228 g/mol. The van der Waals surface area contributed by atoms with E-state index in [0.717, 1.165) is 12.8 Å². The molecule has 3 heteroatoms. The molecule has 0 spiro atoms. The van der Waals surface area contributed by atoms with Crippen molar-refractivity contribution in [3.8, 4) is 0 Å². The number of esters is 1. The van der Waals surface area contributed by atoms with Crippen LogP contribution in [0.5, 0.6) is 0 Å². The lowest BCUT2D eigenvalue weighted by atomic mass is 10.4. The van der Waals surface area contributed by atoms with E-state index in [1.165, 1.54) is 30.3 Å². The fourth-order valence-electron chi connectivity index (χ4n) is 2.16. The monoisotopic (exact) mass is 256 g/mol. The lowest BCUT2D eigenvalue weighted by Gasteiger charge is -2.27. The van der Waals surface area contributed by atoms with E-state index in [4.69, 9.17) is 4.74 Å². The first-order valence-corrected chi connectivity index (χ1v) is 9.80. The molecule has 17 heavy (non-hydrogen) atoms.